The molecule has 104 valence electrons. The van der Waals surface area contributed by atoms with Gasteiger partial charge in [-0.2, -0.15) is 0 Å². The van der Waals surface area contributed by atoms with Crippen LogP contribution in [-0.2, 0) is 6.54 Å². The van der Waals surface area contributed by atoms with E-state index in [1.807, 2.05) is 12.5 Å². The van der Waals surface area contributed by atoms with E-state index < -0.39 is 0 Å². The third kappa shape index (κ3) is 3.26. The molecule has 2 rings (SSSR count). The molecule has 0 saturated heterocycles. The van der Waals surface area contributed by atoms with Gasteiger partial charge >= 0.3 is 0 Å². The lowest BCUT2D eigenvalue weighted by molar-refractivity contribution is 0.561. The van der Waals surface area contributed by atoms with Crippen molar-refractivity contribution in [3.63, 3.8) is 0 Å². The number of hydrogen-bond acceptors (Lipinski definition) is 2. The van der Waals surface area contributed by atoms with E-state index in [1.54, 1.807) is 0 Å². The lowest BCUT2D eigenvalue weighted by atomic mass is 10.1. The van der Waals surface area contributed by atoms with E-state index in [9.17, 15) is 0 Å². The monoisotopic (exact) mass is 260 g/mol. The maximum atomic E-state index is 6.14. The van der Waals surface area contributed by atoms with Crippen LogP contribution in [0.3, 0.4) is 0 Å². The minimum Gasteiger partial charge on any atom is -0.348 e. The fourth-order valence-corrected chi connectivity index (χ4v) is 2.36. The molecule has 0 aromatic carbocycles. The molecule has 1 unspecified atom stereocenters. The maximum absolute atomic E-state index is 6.14. The van der Waals surface area contributed by atoms with Crippen LogP contribution in [0.5, 0.6) is 0 Å². The molecule has 2 aromatic heterocycles. The standard InChI is InChI=1S/C15H24N4/c1-4-5-15(16)13-6-7-18(9-13)10-14-8-17-11-19(14)12(2)3/h6-9,11-12,15H,4-5,10,16H2,1-3H3. The lowest BCUT2D eigenvalue weighted by Crippen LogP contribution is -2.10. The molecule has 0 aliphatic rings. The number of rotatable bonds is 6. The van der Waals surface area contributed by atoms with E-state index in [4.69, 9.17) is 5.73 Å². The highest BCUT2D eigenvalue weighted by Gasteiger charge is 2.09. The smallest absolute Gasteiger partial charge is 0.0951 e. The second kappa shape index (κ2) is 6.06. The van der Waals surface area contributed by atoms with Crippen molar-refractivity contribution in [3.8, 4) is 0 Å². The molecular formula is C15H24N4. The topological polar surface area (TPSA) is 48.8 Å². The van der Waals surface area contributed by atoms with Gasteiger partial charge in [-0.3, -0.25) is 0 Å². The molecule has 4 nitrogen and oxygen atoms in total. The van der Waals surface area contributed by atoms with Gasteiger partial charge in [0.1, 0.15) is 0 Å². The van der Waals surface area contributed by atoms with Gasteiger partial charge in [0.25, 0.3) is 0 Å². The number of nitrogens with zero attached hydrogens (tertiary/aromatic N) is 3. The third-order valence-corrected chi connectivity index (χ3v) is 3.45. The summed E-state index contributed by atoms with van der Waals surface area (Å²) >= 11 is 0. The number of nitrogens with two attached hydrogens (primary N) is 1. The van der Waals surface area contributed by atoms with Crippen LogP contribution in [0.4, 0.5) is 0 Å². The predicted molar refractivity (Wildman–Crippen MR) is 78.0 cm³/mol. The second-order valence-electron chi connectivity index (χ2n) is 5.40. The molecule has 0 aliphatic carbocycles. The molecule has 0 bridgehead atoms. The van der Waals surface area contributed by atoms with Gasteiger partial charge < -0.3 is 14.9 Å². The van der Waals surface area contributed by atoms with Crippen LogP contribution < -0.4 is 5.73 Å². The molecule has 0 fully saturated rings. The Kier molecular flexibility index (Phi) is 4.43. The number of aromatic nitrogens is 3. The Labute approximate surface area is 115 Å². The van der Waals surface area contributed by atoms with Crippen molar-refractivity contribution >= 4 is 0 Å². The molecular weight excluding hydrogens is 236 g/mol. The summed E-state index contributed by atoms with van der Waals surface area (Å²) in [7, 11) is 0. The first kappa shape index (κ1) is 13.9. The van der Waals surface area contributed by atoms with Crippen molar-refractivity contribution in [3.05, 3.63) is 42.2 Å². The van der Waals surface area contributed by atoms with E-state index in [2.05, 4.69) is 53.3 Å². The Hall–Kier alpha value is -1.55. The molecule has 2 aromatic rings. The van der Waals surface area contributed by atoms with Gasteiger partial charge in [-0.1, -0.05) is 13.3 Å². The van der Waals surface area contributed by atoms with Gasteiger partial charge in [0.05, 0.1) is 18.6 Å². The minimum atomic E-state index is 0.154. The Morgan fingerprint density at radius 3 is 2.84 bits per heavy atom. The van der Waals surface area contributed by atoms with Crippen molar-refractivity contribution < 1.29 is 0 Å². The fraction of sp³-hybridized carbons (Fsp3) is 0.533. The molecule has 0 saturated carbocycles. The van der Waals surface area contributed by atoms with E-state index in [-0.39, 0.29) is 6.04 Å². The van der Waals surface area contributed by atoms with Crippen molar-refractivity contribution in [2.45, 2.75) is 52.2 Å². The largest absolute Gasteiger partial charge is 0.348 e. The summed E-state index contributed by atoms with van der Waals surface area (Å²) in [6, 6.07) is 2.72. The zero-order valence-electron chi connectivity index (χ0n) is 12.1. The molecule has 0 spiro atoms. The van der Waals surface area contributed by atoms with E-state index in [1.165, 1.54) is 11.3 Å². The summed E-state index contributed by atoms with van der Waals surface area (Å²) in [6.07, 6.45) is 10.2. The fourth-order valence-electron chi connectivity index (χ4n) is 2.36. The van der Waals surface area contributed by atoms with Crippen LogP contribution in [0, 0.1) is 0 Å². The van der Waals surface area contributed by atoms with E-state index in [0.29, 0.717) is 6.04 Å². The summed E-state index contributed by atoms with van der Waals surface area (Å²) < 4.78 is 4.38. The maximum Gasteiger partial charge on any atom is 0.0951 e. The van der Waals surface area contributed by atoms with Gasteiger partial charge in [-0.25, -0.2) is 4.98 Å². The Morgan fingerprint density at radius 1 is 1.37 bits per heavy atom. The average Bonchev–Trinajstić information content (AvgIpc) is 2.99. The molecule has 2 heterocycles. The summed E-state index contributed by atoms with van der Waals surface area (Å²) in [5.74, 6) is 0. The molecule has 4 heteroatoms. The van der Waals surface area contributed by atoms with Crippen LogP contribution in [0.15, 0.2) is 31.0 Å². The van der Waals surface area contributed by atoms with Gasteiger partial charge in [0.2, 0.25) is 0 Å². The van der Waals surface area contributed by atoms with Crippen molar-refractivity contribution in [2.75, 3.05) is 0 Å². The van der Waals surface area contributed by atoms with Gasteiger partial charge in [0, 0.05) is 30.7 Å². The lowest BCUT2D eigenvalue weighted by Gasteiger charge is -2.12. The molecule has 0 radical (unpaired) electrons. The van der Waals surface area contributed by atoms with Crippen LogP contribution in [-0.4, -0.2) is 14.1 Å². The van der Waals surface area contributed by atoms with Crippen LogP contribution in [0.1, 0.15) is 57.0 Å². The van der Waals surface area contributed by atoms with Crippen LogP contribution in [0.25, 0.3) is 0 Å². The Morgan fingerprint density at radius 2 is 2.16 bits per heavy atom. The SMILES string of the molecule is CCCC(N)c1ccn(Cc2cncn2C(C)C)c1. The highest BCUT2D eigenvalue weighted by Crippen LogP contribution is 2.17. The summed E-state index contributed by atoms with van der Waals surface area (Å²) in [4.78, 5) is 4.24. The number of imidazole rings is 1. The van der Waals surface area contributed by atoms with Crippen molar-refractivity contribution in [1.29, 1.82) is 0 Å². The highest BCUT2D eigenvalue weighted by atomic mass is 15.1. The third-order valence-electron chi connectivity index (χ3n) is 3.45. The minimum absolute atomic E-state index is 0.154. The molecule has 0 amide bonds. The van der Waals surface area contributed by atoms with Crippen molar-refractivity contribution in [2.24, 2.45) is 5.73 Å². The Balaban J connectivity index is 2.09. The normalized spacial score (nSPS) is 13.1. The quantitative estimate of drug-likeness (QED) is 0.867. The van der Waals surface area contributed by atoms with Crippen LogP contribution in [0.2, 0.25) is 0 Å². The van der Waals surface area contributed by atoms with Crippen molar-refractivity contribution in [1.82, 2.24) is 14.1 Å². The Bertz CT molecular complexity index is 510. The predicted octanol–water partition coefficient (Wildman–Crippen LogP) is 3.11. The van der Waals surface area contributed by atoms with Crippen LogP contribution >= 0.6 is 0 Å². The average molecular weight is 260 g/mol. The zero-order valence-corrected chi connectivity index (χ0v) is 12.1. The second-order valence-corrected chi connectivity index (χ2v) is 5.40. The number of hydrogen-bond donors (Lipinski definition) is 1. The van der Waals surface area contributed by atoms with Gasteiger partial charge in [-0.05, 0) is 31.9 Å². The molecule has 19 heavy (non-hydrogen) atoms. The van der Waals surface area contributed by atoms with Gasteiger partial charge in [-0.15, -0.1) is 0 Å². The van der Waals surface area contributed by atoms with E-state index in [0.717, 1.165) is 19.4 Å². The molecule has 1 atom stereocenters. The molecule has 2 N–H and O–H groups in total. The summed E-state index contributed by atoms with van der Waals surface area (Å²) in [5.41, 5.74) is 8.58. The summed E-state index contributed by atoms with van der Waals surface area (Å²) in [6.45, 7) is 7.35. The first-order chi connectivity index (χ1) is 9.11. The molecule has 0 aliphatic heterocycles. The van der Waals surface area contributed by atoms with E-state index >= 15 is 0 Å². The first-order valence-corrected chi connectivity index (χ1v) is 7.03. The highest BCUT2D eigenvalue weighted by molar-refractivity contribution is 5.16. The first-order valence-electron chi connectivity index (χ1n) is 7.03. The summed E-state index contributed by atoms with van der Waals surface area (Å²) in [5, 5.41) is 0. The van der Waals surface area contributed by atoms with Gasteiger partial charge in [0.15, 0.2) is 0 Å². The zero-order chi connectivity index (χ0) is 13.8.